The van der Waals surface area contributed by atoms with E-state index < -0.39 is 5.92 Å². The van der Waals surface area contributed by atoms with E-state index in [1.54, 1.807) is 11.3 Å². The van der Waals surface area contributed by atoms with Gasteiger partial charge in [-0.3, -0.25) is 14.5 Å². The summed E-state index contributed by atoms with van der Waals surface area (Å²) in [6, 6.07) is 9.42. The second kappa shape index (κ2) is 14.5. The average Bonchev–Trinajstić information content (AvgIpc) is 3.77. The van der Waals surface area contributed by atoms with Gasteiger partial charge in [0.25, 0.3) is 0 Å². The number of fused-ring (bicyclic) bond motifs is 2. The molecule has 2 aliphatic heterocycles. The number of amides is 1. The van der Waals surface area contributed by atoms with Gasteiger partial charge < -0.3 is 9.88 Å². The van der Waals surface area contributed by atoms with Gasteiger partial charge in [-0.05, 0) is 90.0 Å². The SMILES string of the molecule is Cc1ccc(C=O)s1.Cc1ccc([C@H](CCN2C3CCC2CC(n2c(C)nnc2C(C)C)C3)NC(=O)C2CCC(F)(F)CC2)s1. The van der Waals surface area contributed by atoms with Gasteiger partial charge in [0, 0.05) is 64.0 Å². The monoisotopic (exact) mass is 659 g/mol. The number of carbonyl (C=O) groups excluding carboxylic acids is 2. The number of alkyl halides is 2. The summed E-state index contributed by atoms with van der Waals surface area (Å²) < 4.78 is 29.7. The molecule has 7 nitrogen and oxygen atoms in total. The number of rotatable bonds is 9. The number of thiophene rings is 2. The van der Waals surface area contributed by atoms with Crippen molar-refractivity contribution in [3.05, 3.63) is 55.4 Å². The number of carbonyl (C=O) groups is 2. The number of piperidine rings is 1. The van der Waals surface area contributed by atoms with E-state index in [4.69, 9.17) is 0 Å². The lowest BCUT2D eigenvalue weighted by Gasteiger charge is -2.40. The Kier molecular flexibility index (Phi) is 10.9. The molecule has 2 unspecified atom stereocenters. The van der Waals surface area contributed by atoms with Gasteiger partial charge in [0.15, 0.2) is 6.29 Å². The third-order valence-corrected chi connectivity index (χ3v) is 11.7. The first kappa shape index (κ1) is 33.9. The quantitative estimate of drug-likeness (QED) is 0.234. The molecule has 2 saturated heterocycles. The van der Waals surface area contributed by atoms with E-state index in [-0.39, 0.29) is 43.6 Å². The van der Waals surface area contributed by atoms with E-state index in [9.17, 15) is 18.4 Å². The van der Waals surface area contributed by atoms with E-state index in [0.717, 1.165) is 53.5 Å². The van der Waals surface area contributed by atoms with Crippen molar-refractivity contribution in [1.82, 2.24) is 25.0 Å². The maximum absolute atomic E-state index is 13.6. The van der Waals surface area contributed by atoms with Gasteiger partial charge in [0.2, 0.25) is 11.8 Å². The molecule has 45 heavy (non-hydrogen) atoms. The summed E-state index contributed by atoms with van der Waals surface area (Å²) in [6.45, 7) is 11.4. The zero-order chi connectivity index (χ0) is 32.3. The van der Waals surface area contributed by atoms with Crippen LogP contribution in [0, 0.1) is 26.7 Å². The van der Waals surface area contributed by atoms with Crippen molar-refractivity contribution < 1.29 is 18.4 Å². The summed E-state index contributed by atoms with van der Waals surface area (Å²) in [7, 11) is 0. The number of nitrogens with zero attached hydrogens (tertiary/aromatic N) is 4. The number of hydrogen-bond acceptors (Lipinski definition) is 7. The van der Waals surface area contributed by atoms with Crippen LogP contribution in [0.3, 0.4) is 0 Å². The van der Waals surface area contributed by atoms with Crippen LogP contribution < -0.4 is 5.32 Å². The fourth-order valence-electron chi connectivity index (χ4n) is 7.37. The highest BCUT2D eigenvalue weighted by molar-refractivity contribution is 7.13. The second-order valence-corrected chi connectivity index (χ2v) is 16.0. The molecule has 1 saturated carbocycles. The van der Waals surface area contributed by atoms with Crippen LogP contribution in [0.25, 0.3) is 0 Å². The van der Waals surface area contributed by atoms with Crippen LogP contribution in [-0.4, -0.2) is 56.4 Å². The largest absolute Gasteiger partial charge is 0.348 e. The van der Waals surface area contributed by atoms with Crippen LogP contribution in [0.1, 0.15) is 126 Å². The first-order chi connectivity index (χ1) is 21.4. The van der Waals surface area contributed by atoms with Gasteiger partial charge in [-0.1, -0.05) is 13.8 Å². The minimum Gasteiger partial charge on any atom is -0.348 e. The molecule has 1 N–H and O–H groups in total. The van der Waals surface area contributed by atoms with Gasteiger partial charge in [0.1, 0.15) is 11.6 Å². The third-order valence-electron chi connectivity index (χ3n) is 9.70. The summed E-state index contributed by atoms with van der Waals surface area (Å²) in [5.41, 5.74) is 0. The molecule has 3 aromatic rings. The molecule has 0 radical (unpaired) electrons. The van der Waals surface area contributed by atoms with E-state index in [1.165, 1.54) is 33.9 Å². The number of nitrogens with one attached hydrogen (secondary N) is 1. The number of halogens is 2. The molecular formula is C34H47F2N5O2S2. The fourth-order valence-corrected chi connectivity index (χ4v) is 9.02. The van der Waals surface area contributed by atoms with Crippen LogP contribution in [0.15, 0.2) is 24.3 Å². The van der Waals surface area contributed by atoms with Crippen LogP contribution in [0.2, 0.25) is 0 Å². The third kappa shape index (κ3) is 8.27. The minimum atomic E-state index is -2.62. The fraction of sp³-hybridized carbons (Fsp3) is 0.647. The first-order valence-electron chi connectivity index (χ1n) is 16.4. The highest BCUT2D eigenvalue weighted by Crippen LogP contribution is 2.43. The summed E-state index contributed by atoms with van der Waals surface area (Å²) in [4.78, 5) is 30.2. The molecule has 3 aromatic heterocycles. The lowest BCUT2D eigenvalue weighted by molar-refractivity contribution is -0.130. The Morgan fingerprint density at radius 1 is 0.978 bits per heavy atom. The minimum absolute atomic E-state index is 0.0578. The van der Waals surface area contributed by atoms with E-state index in [0.29, 0.717) is 24.0 Å². The number of aryl methyl sites for hydroxylation is 3. The maximum Gasteiger partial charge on any atom is 0.248 e. The summed E-state index contributed by atoms with van der Waals surface area (Å²) >= 11 is 3.24. The van der Waals surface area contributed by atoms with E-state index in [1.807, 2.05) is 19.1 Å². The van der Waals surface area contributed by atoms with Crippen LogP contribution in [0.5, 0.6) is 0 Å². The standard InChI is InChI=1S/C28H41F2N5OS.C6H6OS/c1-17(2)26-33-32-19(4)35(26)23-15-21-6-7-22(16-23)34(21)14-11-24(25-8-5-18(3)37-25)31-27(36)20-9-12-28(29,30)13-10-20;1-5-2-3-6(4-7)8-5/h5,8,17,20-24H,6-7,9-16H2,1-4H3,(H,31,36);2-4H,1H3/t21?,22?,23?,24-;/m0./s1. The zero-order valence-corrected chi connectivity index (χ0v) is 28.7. The molecule has 6 rings (SSSR count). The first-order valence-corrected chi connectivity index (χ1v) is 18.0. The Bertz CT molecular complexity index is 1430. The Hall–Kier alpha value is -2.50. The van der Waals surface area contributed by atoms with Crippen LogP contribution in [-0.2, 0) is 4.79 Å². The molecule has 246 valence electrons. The molecule has 1 aliphatic carbocycles. The number of aromatic nitrogens is 3. The molecule has 1 amide bonds. The van der Waals surface area contributed by atoms with Gasteiger partial charge in [-0.2, -0.15) is 0 Å². The van der Waals surface area contributed by atoms with Crippen molar-refractivity contribution in [1.29, 1.82) is 0 Å². The smallest absolute Gasteiger partial charge is 0.248 e. The normalized spacial score (nSPS) is 23.9. The summed E-state index contributed by atoms with van der Waals surface area (Å²) in [5.74, 6) is -0.529. The maximum atomic E-state index is 13.6. The van der Waals surface area contributed by atoms with Crippen LogP contribution in [0.4, 0.5) is 8.78 Å². The summed E-state index contributed by atoms with van der Waals surface area (Å²) in [6.07, 6.45) is 6.54. The van der Waals surface area contributed by atoms with Crippen molar-refractivity contribution in [2.75, 3.05) is 6.54 Å². The Morgan fingerprint density at radius 2 is 1.62 bits per heavy atom. The van der Waals surface area contributed by atoms with Crippen molar-refractivity contribution in [2.24, 2.45) is 5.92 Å². The summed E-state index contributed by atoms with van der Waals surface area (Å²) in [5, 5.41) is 12.1. The Labute approximate surface area is 273 Å². The van der Waals surface area contributed by atoms with Crippen molar-refractivity contribution in [2.45, 2.75) is 128 Å². The molecule has 3 fully saturated rings. The van der Waals surface area contributed by atoms with Gasteiger partial charge in [0.05, 0.1) is 10.9 Å². The van der Waals surface area contributed by atoms with Gasteiger partial charge >= 0.3 is 0 Å². The highest BCUT2D eigenvalue weighted by atomic mass is 32.1. The van der Waals surface area contributed by atoms with E-state index in [2.05, 4.69) is 64.8 Å². The van der Waals surface area contributed by atoms with Crippen molar-refractivity contribution in [3.63, 3.8) is 0 Å². The molecule has 2 bridgehead atoms. The van der Waals surface area contributed by atoms with Crippen molar-refractivity contribution >= 4 is 34.9 Å². The van der Waals surface area contributed by atoms with E-state index >= 15 is 0 Å². The topological polar surface area (TPSA) is 80.1 Å². The predicted octanol–water partition coefficient (Wildman–Crippen LogP) is 8.19. The average molecular weight is 660 g/mol. The molecular weight excluding hydrogens is 613 g/mol. The zero-order valence-electron chi connectivity index (χ0n) is 27.1. The molecule has 0 spiro atoms. The highest BCUT2D eigenvalue weighted by Gasteiger charge is 2.43. The lowest BCUT2D eigenvalue weighted by Crippen LogP contribution is -2.45. The molecule has 3 aliphatic rings. The van der Waals surface area contributed by atoms with Gasteiger partial charge in [-0.25, -0.2) is 8.78 Å². The van der Waals surface area contributed by atoms with Crippen molar-refractivity contribution in [3.8, 4) is 0 Å². The Morgan fingerprint density at radius 3 is 2.16 bits per heavy atom. The molecule has 5 heterocycles. The second-order valence-electron chi connectivity index (χ2n) is 13.4. The lowest BCUT2D eigenvalue weighted by atomic mass is 9.86. The predicted molar refractivity (Wildman–Crippen MR) is 177 cm³/mol. The molecule has 0 aromatic carbocycles. The Balaban J connectivity index is 0.000000436. The van der Waals surface area contributed by atoms with Gasteiger partial charge in [-0.15, -0.1) is 32.9 Å². The number of hydrogen-bond donors (Lipinski definition) is 1. The van der Waals surface area contributed by atoms with Crippen LogP contribution >= 0.6 is 22.7 Å². The number of aldehydes is 1. The molecule has 3 atom stereocenters. The molecule has 11 heteroatoms.